The fourth-order valence-corrected chi connectivity index (χ4v) is 3.66. The van der Waals surface area contributed by atoms with E-state index in [1.165, 1.54) is 18.2 Å². The number of hydrogen-bond acceptors (Lipinski definition) is 2. The summed E-state index contributed by atoms with van der Waals surface area (Å²) in [4.78, 5) is 15.4. The van der Waals surface area contributed by atoms with Crippen molar-refractivity contribution in [2.45, 2.75) is 43.5 Å². The first-order chi connectivity index (χ1) is 9.22. The van der Waals surface area contributed by atoms with Crippen LogP contribution in [-0.2, 0) is 4.79 Å². The summed E-state index contributed by atoms with van der Waals surface area (Å²) in [6.07, 6.45) is 4.60. The number of rotatable bonds is 4. The van der Waals surface area contributed by atoms with E-state index in [2.05, 4.69) is 11.8 Å². The molecule has 19 heavy (non-hydrogen) atoms. The summed E-state index contributed by atoms with van der Waals surface area (Å²) in [5.41, 5.74) is 0. The van der Waals surface area contributed by atoms with Crippen LogP contribution in [0, 0.1) is 0 Å². The van der Waals surface area contributed by atoms with Crippen molar-refractivity contribution in [1.82, 2.24) is 4.90 Å². The Balaban J connectivity index is 1.92. The van der Waals surface area contributed by atoms with Crippen molar-refractivity contribution in [2.75, 3.05) is 12.3 Å². The number of benzene rings is 1. The van der Waals surface area contributed by atoms with Gasteiger partial charge in [0.15, 0.2) is 0 Å². The number of carbonyl (C=O) groups is 1. The zero-order chi connectivity index (χ0) is 13.7. The van der Waals surface area contributed by atoms with Crippen molar-refractivity contribution < 1.29 is 4.79 Å². The molecule has 1 aromatic carbocycles. The van der Waals surface area contributed by atoms with Crippen LogP contribution in [0.4, 0.5) is 0 Å². The van der Waals surface area contributed by atoms with Crippen molar-refractivity contribution in [3.05, 3.63) is 29.3 Å². The predicted octanol–water partition coefficient (Wildman–Crippen LogP) is 4.22. The molecule has 0 spiro atoms. The van der Waals surface area contributed by atoms with Gasteiger partial charge in [-0.25, -0.2) is 0 Å². The van der Waals surface area contributed by atoms with E-state index in [0.29, 0.717) is 11.8 Å². The first-order valence-corrected chi connectivity index (χ1v) is 8.25. The minimum Gasteiger partial charge on any atom is -0.339 e. The Hall–Kier alpha value is -0.670. The highest BCUT2D eigenvalue weighted by atomic mass is 35.5. The highest BCUT2D eigenvalue weighted by Crippen LogP contribution is 2.28. The molecular weight excluding hydrogens is 278 g/mol. The quantitative estimate of drug-likeness (QED) is 0.775. The van der Waals surface area contributed by atoms with Gasteiger partial charge in [-0.3, -0.25) is 4.79 Å². The lowest BCUT2D eigenvalue weighted by Gasteiger charge is -2.35. The van der Waals surface area contributed by atoms with Crippen LogP contribution in [0.2, 0.25) is 5.02 Å². The number of carbonyl (C=O) groups excluding carboxylic acids is 1. The van der Waals surface area contributed by atoms with Gasteiger partial charge in [0.2, 0.25) is 5.91 Å². The Morgan fingerprint density at radius 1 is 1.42 bits per heavy atom. The Labute approximate surface area is 124 Å². The van der Waals surface area contributed by atoms with Crippen LogP contribution in [0.5, 0.6) is 0 Å². The van der Waals surface area contributed by atoms with E-state index in [1.807, 2.05) is 24.3 Å². The lowest BCUT2D eigenvalue weighted by Crippen LogP contribution is -2.44. The number of piperidine rings is 1. The summed E-state index contributed by atoms with van der Waals surface area (Å²) >= 11 is 7.64. The van der Waals surface area contributed by atoms with Gasteiger partial charge >= 0.3 is 0 Å². The molecule has 1 saturated heterocycles. The predicted molar refractivity (Wildman–Crippen MR) is 81.8 cm³/mol. The number of hydrogen-bond donors (Lipinski definition) is 0. The fraction of sp³-hybridized carbons (Fsp3) is 0.533. The molecule has 1 aromatic rings. The monoisotopic (exact) mass is 297 g/mol. The van der Waals surface area contributed by atoms with Crippen LogP contribution >= 0.6 is 23.4 Å². The molecule has 1 heterocycles. The molecule has 0 aliphatic carbocycles. The molecule has 1 aliphatic rings. The lowest BCUT2D eigenvalue weighted by atomic mass is 10.0. The molecule has 1 fully saturated rings. The van der Waals surface area contributed by atoms with E-state index >= 15 is 0 Å². The van der Waals surface area contributed by atoms with E-state index in [-0.39, 0.29) is 5.91 Å². The number of thioether (sulfide) groups is 1. The van der Waals surface area contributed by atoms with E-state index in [0.717, 1.165) is 35.7 Å². The van der Waals surface area contributed by atoms with Crippen LogP contribution in [0.25, 0.3) is 0 Å². The van der Waals surface area contributed by atoms with Crippen molar-refractivity contribution in [1.29, 1.82) is 0 Å². The number of nitrogens with zero attached hydrogens (tertiary/aromatic N) is 1. The first kappa shape index (κ1) is 14.7. The maximum atomic E-state index is 12.3. The van der Waals surface area contributed by atoms with Crippen LogP contribution in [0.15, 0.2) is 29.2 Å². The molecule has 1 aliphatic heterocycles. The first-order valence-electron chi connectivity index (χ1n) is 6.89. The van der Waals surface area contributed by atoms with Crippen LogP contribution in [-0.4, -0.2) is 29.1 Å². The molecule has 1 unspecified atom stereocenters. The summed E-state index contributed by atoms with van der Waals surface area (Å²) in [5.74, 6) is 0.733. The van der Waals surface area contributed by atoms with Gasteiger partial charge in [0.05, 0.1) is 10.8 Å². The molecular formula is C15H20ClNOS. The molecule has 1 atom stereocenters. The van der Waals surface area contributed by atoms with Gasteiger partial charge in [0.1, 0.15) is 0 Å². The Bertz CT molecular complexity index is 438. The molecule has 0 N–H and O–H groups in total. The molecule has 2 rings (SSSR count). The van der Waals surface area contributed by atoms with Crippen LogP contribution in [0.1, 0.15) is 32.6 Å². The number of amides is 1. The Morgan fingerprint density at radius 3 is 2.95 bits per heavy atom. The van der Waals surface area contributed by atoms with Gasteiger partial charge in [-0.05, 0) is 37.8 Å². The molecule has 0 aromatic heterocycles. The van der Waals surface area contributed by atoms with Crippen molar-refractivity contribution in [3.63, 3.8) is 0 Å². The fourth-order valence-electron chi connectivity index (χ4n) is 2.54. The number of halogens is 1. The average Bonchev–Trinajstić information content (AvgIpc) is 2.46. The Kier molecular flexibility index (Phi) is 5.59. The highest BCUT2D eigenvalue weighted by molar-refractivity contribution is 8.00. The third kappa shape index (κ3) is 3.90. The molecule has 4 heteroatoms. The van der Waals surface area contributed by atoms with E-state index < -0.39 is 0 Å². The second-order valence-electron chi connectivity index (χ2n) is 4.86. The summed E-state index contributed by atoms with van der Waals surface area (Å²) in [6, 6.07) is 8.13. The SMILES string of the molecule is CCC1CCCCN1C(=O)CSc1ccccc1Cl. The number of likely N-dealkylation sites (tertiary alicyclic amines) is 1. The topological polar surface area (TPSA) is 20.3 Å². The largest absolute Gasteiger partial charge is 0.339 e. The van der Waals surface area contributed by atoms with Crippen molar-refractivity contribution in [3.8, 4) is 0 Å². The summed E-state index contributed by atoms with van der Waals surface area (Å²) < 4.78 is 0. The molecule has 0 saturated carbocycles. The van der Waals surface area contributed by atoms with Gasteiger partial charge < -0.3 is 4.90 Å². The summed E-state index contributed by atoms with van der Waals surface area (Å²) in [6.45, 7) is 3.08. The molecule has 0 radical (unpaired) electrons. The van der Waals surface area contributed by atoms with Gasteiger partial charge in [-0.1, -0.05) is 30.7 Å². The minimum atomic E-state index is 0.247. The maximum Gasteiger partial charge on any atom is 0.233 e. The molecule has 104 valence electrons. The average molecular weight is 298 g/mol. The third-order valence-electron chi connectivity index (χ3n) is 3.61. The van der Waals surface area contributed by atoms with Gasteiger partial charge in [0, 0.05) is 17.5 Å². The van der Waals surface area contributed by atoms with Crippen LogP contribution < -0.4 is 0 Å². The zero-order valence-electron chi connectivity index (χ0n) is 11.3. The Morgan fingerprint density at radius 2 is 2.21 bits per heavy atom. The van der Waals surface area contributed by atoms with Gasteiger partial charge in [0.25, 0.3) is 0 Å². The van der Waals surface area contributed by atoms with E-state index in [4.69, 9.17) is 11.6 Å². The molecule has 1 amide bonds. The standard InChI is InChI=1S/C15H20ClNOS/c1-2-12-7-5-6-10-17(12)15(18)11-19-14-9-4-3-8-13(14)16/h3-4,8-9,12H,2,5-7,10-11H2,1H3. The van der Waals surface area contributed by atoms with Crippen molar-refractivity contribution >= 4 is 29.3 Å². The third-order valence-corrected chi connectivity index (χ3v) is 5.11. The second kappa shape index (κ2) is 7.20. The summed E-state index contributed by atoms with van der Waals surface area (Å²) in [7, 11) is 0. The zero-order valence-corrected chi connectivity index (χ0v) is 12.8. The maximum absolute atomic E-state index is 12.3. The van der Waals surface area contributed by atoms with Crippen molar-refractivity contribution in [2.24, 2.45) is 0 Å². The smallest absolute Gasteiger partial charge is 0.233 e. The van der Waals surface area contributed by atoms with Crippen LogP contribution in [0.3, 0.4) is 0 Å². The second-order valence-corrected chi connectivity index (χ2v) is 6.29. The lowest BCUT2D eigenvalue weighted by molar-refractivity contribution is -0.132. The minimum absolute atomic E-state index is 0.247. The van der Waals surface area contributed by atoms with Gasteiger partial charge in [-0.2, -0.15) is 0 Å². The van der Waals surface area contributed by atoms with E-state index in [1.54, 1.807) is 0 Å². The molecule has 2 nitrogen and oxygen atoms in total. The van der Waals surface area contributed by atoms with Gasteiger partial charge in [-0.15, -0.1) is 11.8 Å². The summed E-state index contributed by atoms with van der Waals surface area (Å²) in [5, 5.41) is 0.728. The molecule has 0 bridgehead atoms. The van der Waals surface area contributed by atoms with E-state index in [9.17, 15) is 4.79 Å². The normalized spacial score (nSPS) is 19.5. The highest BCUT2D eigenvalue weighted by Gasteiger charge is 2.25.